The lowest BCUT2D eigenvalue weighted by Crippen LogP contribution is -2.38. The van der Waals surface area contributed by atoms with E-state index in [9.17, 15) is 13.2 Å². The van der Waals surface area contributed by atoms with Crippen molar-refractivity contribution in [3.63, 3.8) is 0 Å². The van der Waals surface area contributed by atoms with Crippen molar-refractivity contribution in [1.29, 1.82) is 0 Å². The van der Waals surface area contributed by atoms with E-state index in [1.165, 1.54) is 0 Å². The molecule has 0 aromatic heterocycles. The minimum absolute atomic E-state index is 0.352. The fourth-order valence-electron chi connectivity index (χ4n) is 0.928. The van der Waals surface area contributed by atoms with E-state index in [1.807, 2.05) is 18.7 Å². The third kappa shape index (κ3) is 13.3. The normalized spacial score (nSPS) is 12.9. The van der Waals surface area contributed by atoms with Crippen molar-refractivity contribution in [3.8, 4) is 0 Å². The molecule has 0 amide bonds. The lowest BCUT2D eigenvalue weighted by atomic mass is 10.3. The predicted octanol–water partition coefficient (Wildman–Crippen LogP) is 0.305. The van der Waals surface area contributed by atoms with Crippen LogP contribution in [0.2, 0.25) is 0 Å². The topological polar surface area (TPSA) is 94.9 Å². The molecule has 0 aromatic carbocycles. The molecule has 0 fully saturated rings. The van der Waals surface area contributed by atoms with Gasteiger partial charge in [0.05, 0.1) is 6.26 Å². The van der Waals surface area contributed by atoms with Gasteiger partial charge < -0.3 is 5.11 Å². The van der Waals surface area contributed by atoms with Gasteiger partial charge in [0.25, 0.3) is 10.1 Å². The fraction of sp³-hybridized carbons (Fsp3) is 0.875. The van der Waals surface area contributed by atoms with Crippen LogP contribution in [-0.4, -0.2) is 54.3 Å². The van der Waals surface area contributed by atoms with Gasteiger partial charge in [-0.2, -0.15) is 8.42 Å². The lowest BCUT2D eigenvalue weighted by Gasteiger charge is -2.22. The first kappa shape index (κ1) is 16.8. The number of hydrogen-bond acceptors (Lipinski definition) is 4. The first-order valence-corrected chi connectivity index (χ1v) is 6.37. The number of carboxylic acids is 1. The van der Waals surface area contributed by atoms with E-state index in [1.54, 1.807) is 6.92 Å². The number of hydrogen-bond donors (Lipinski definition) is 2. The third-order valence-electron chi connectivity index (χ3n) is 1.72. The van der Waals surface area contributed by atoms with E-state index in [4.69, 9.17) is 9.66 Å². The van der Waals surface area contributed by atoms with Crippen LogP contribution in [0.1, 0.15) is 20.8 Å². The van der Waals surface area contributed by atoms with Gasteiger partial charge in [-0.15, -0.1) is 0 Å². The van der Waals surface area contributed by atoms with Gasteiger partial charge in [0.15, 0.2) is 0 Å². The van der Waals surface area contributed by atoms with Gasteiger partial charge >= 0.3 is 5.97 Å². The lowest BCUT2D eigenvalue weighted by molar-refractivity contribution is -0.142. The summed E-state index contributed by atoms with van der Waals surface area (Å²) >= 11 is 0. The van der Waals surface area contributed by atoms with E-state index in [-0.39, 0.29) is 6.04 Å². The summed E-state index contributed by atoms with van der Waals surface area (Å²) in [6.45, 7) is 7.22. The van der Waals surface area contributed by atoms with Crippen molar-refractivity contribution >= 4 is 16.1 Å². The fourth-order valence-corrected chi connectivity index (χ4v) is 0.928. The summed E-state index contributed by atoms with van der Waals surface area (Å²) < 4.78 is 25.9. The van der Waals surface area contributed by atoms with Gasteiger partial charge in [-0.25, -0.2) is 0 Å². The molecule has 0 rings (SSSR count). The standard InChI is InChI=1S/C7H15NO2.CH4O3S/c1-4-8(5-2)6(3)7(9)10;1-5(2,3)4/h6H,4-5H2,1-3H3,(H,9,10);1H3,(H,2,3,4). The zero-order valence-electron chi connectivity index (χ0n) is 9.47. The van der Waals surface area contributed by atoms with Crippen LogP contribution in [0, 0.1) is 0 Å². The largest absolute Gasteiger partial charge is 0.480 e. The predicted molar refractivity (Wildman–Crippen MR) is 57.5 cm³/mol. The Labute approximate surface area is 90.6 Å². The minimum Gasteiger partial charge on any atom is -0.480 e. The number of likely N-dealkylation sites (N-methyl/N-ethyl adjacent to an activating group) is 1. The van der Waals surface area contributed by atoms with Crippen LogP contribution in [0.4, 0.5) is 0 Å². The third-order valence-corrected chi connectivity index (χ3v) is 1.72. The molecule has 0 aliphatic heterocycles. The van der Waals surface area contributed by atoms with Gasteiger partial charge in [-0.3, -0.25) is 14.2 Å². The van der Waals surface area contributed by atoms with Gasteiger partial charge in [-0.1, -0.05) is 13.8 Å². The Balaban J connectivity index is 0. The van der Waals surface area contributed by atoms with Crippen LogP contribution >= 0.6 is 0 Å². The molecule has 92 valence electrons. The molecule has 0 spiro atoms. The Hall–Kier alpha value is -0.660. The van der Waals surface area contributed by atoms with Crippen molar-refractivity contribution in [3.05, 3.63) is 0 Å². The van der Waals surface area contributed by atoms with Crippen molar-refractivity contribution in [1.82, 2.24) is 4.90 Å². The quantitative estimate of drug-likeness (QED) is 0.688. The molecular formula is C8H19NO5S. The zero-order chi connectivity index (χ0) is 12.6. The molecule has 2 N–H and O–H groups in total. The van der Waals surface area contributed by atoms with Crippen LogP contribution in [0.3, 0.4) is 0 Å². The molecule has 0 aliphatic carbocycles. The van der Waals surface area contributed by atoms with E-state index < -0.39 is 16.1 Å². The van der Waals surface area contributed by atoms with Crippen molar-refractivity contribution < 1.29 is 22.9 Å². The molecule has 6 nitrogen and oxygen atoms in total. The summed E-state index contributed by atoms with van der Waals surface area (Å²) in [5.41, 5.74) is 0. The monoisotopic (exact) mass is 241 g/mol. The van der Waals surface area contributed by atoms with Crippen LogP contribution < -0.4 is 0 Å². The molecule has 7 heteroatoms. The molecule has 0 bridgehead atoms. The number of aliphatic carboxylic acids is 1. The first-order valence-electron chi connectivity index (χ1n) is 4.52. The summed E-state index contributed by atoms with van der Waals surface area (Å²) in [4.78, 5) is 12.3. The van der Waals surface area contributed by atoms with Crippen molar-refractivity contribution in [2.45, 2.75) is 26.8 Å². The Morgan fingerprint density at radius 3 is 1.67 bits per heavy atom. The molecule has 0 heterocycles. The molecule has 1 atom stereocenters. The first-order chi connectivity index (χ1) is 6.63. The summed E-state index contributed by atoms with van der Waals surface area (Å²) in [5, 5.41) is 8.57. The molecule has 1 unspecified atom stereocenters. The minimum atomic E-state index is -3.67. The molecule has 15 heavy (non-hydrogen) atoms. The van der Waals surface area contributed by atoms with Crippen LogP contribution in [0.15, 0.2) is 0 Å². The Bertz CT molecular complexity index is 263. The molecule has 0 radical (unpaired) electrons. The highest BCUT2D eigenvalue weighted by molar-refractivity contribution is 7.85. The summed E-state index contributed by atoms with van der Waals surface area (Å²) in [6, 6.07) is -0.352. The van der Waals surface area contributed by atoms with E-state index in [0.29, 0.717) is 6.26 Å². The smallest absolute Gasteiger partial charge is 0.320 e. The SMILES string of the molecule is CCN(CC)C(C)C(=O)O.CS(=O)(=O)O. The van der Waals surface area contributed by atoms with E-state index >= 15 is 0 Å². The zero-order valence-corrected chi connectivity index (χ0v) is 10.3. The Morgan fingerprint density at radius 1 is 1.33 bits per heavy atom. The summed E-state index contributed by atoms with van der Waals surface area (Å²) in [7, 11) is -3.67. The highest BCUT2D eigenvalue weighted by atomic mass is 32.2. The van der Waals surface area contributed by atoms with Gasteiger partial charge in [0, 0.05) is 0 Å². The van der Waals surface area contributed by atoms with E-state index in [0.717, 1.165) is 13.1 Å². The maximum Gasteiger partial charge on any atom is 0.320 e. The summed E-state index contributed by atoms with van der Waals surface area (Å²) in [6.07, 6.45) is 0.715. The van der Waals surface area contributed by atoms with Gasteiger partial charge in [0.1, 0.15) is 6.04 Å². The Morgan fingerprint density at radius 2 is 1.60 bits per heavy atom. The molecule has 0 aliphatic rings. The second-order valence-electron chi connectivity index (χ2n) is 2.97. The number of rotatable bonds is 4. The highest BCUT2D eigenvalue weighted by Crippen LogP contribution is 1.96. The average molecular weight is 241 g/mol. The Kier molecular flexibility index (Phi) is 8.50. The second kappa shape index (κ2) is 7.61. The average Bonchev–Trinajstić information content (AvgIpc) is 2.03. The van der Waals surface area contributed by atoms with Crippen molar-refractivity contribution in [2.24, 2.45) is 0 Å². The van der Waals surface area contributed by atoms with Crippen LogP contribution in [0.5, 0.6) is 0 Å². The number of nitrogens with zero attached hydrogens (tertiary/aromatic N) is 1. The number of carbonyl (C=O) groups is 1. The van der Waals surface area contributed by atoms with Crippen molar-refractivity contribution in [2.75, 3.05) is 19.3 Å². The van der Waals surface area contributed by atoms with Crippen LogP contribution in [-0.2, 0) is 14.9 Å². The summed E-state index contributed by atoms with van der Waals surface area (Å²) in [5.74, 6) is -0.747. The second-order valence-corrected chi connectivity index (χ2v) is 4.43. The molecule has 0 aromatic rings. The maximum atomic E-state index is 10.4. The molecule has 0 saturated carbocycles. The van der Waals surface area contributed by atoms with Gasteiger partial charge in [0.2, 0.25) is 0 Å². The molecule has 0 saturated heterocycles. The maximum absolute atomic E-state index is 10.4. The van der Waals surface area contributed by atoms with E-state index in [2.05, 4.69) is 0 Å². The molecular weight excluding hydrogens is 222 g/mol. The van der Waals surface area contributed by atoms with Gasteiger partial charge in [-0.05, 0) is 20.0 Å². The highest BCUT2D eigenvalue weighted by Gasteiger charge is 2.16. The number of carboxylic acid groups (broad SMARTS) is 1. The van der Waals surface area contributed by atoms with Crippen LogP contribution in [0.25, 0.3) is 0 Å².